The molecule has 0 aliphatic carbocycles. The molecule has 4 aliphatic rings. The topological polar surface area (TPSA) is 92.3 Å². The molecule has 0 N–H and O–H groups in total. The predicted octanol–water partition coefficient (Wildman–Crippen LogP) is 9.66. The molecule has 4 heterocycles. The van der Waals surface area contributed by atoms with Gasteiger partial charge in [0.2, 0.25) is 0 Å². The monoisotopic (exact) mass is 850 g/mol. The van der Waals surface area contributed by atoms with Gasteiger partial charge >= 0.3 is 0 Å². The van der Waals surface area contributed by atoms with Crippen molar-refractivity contribution in [3.8, 4) is 0 Å². The molecule has 4 aromatic rings. The Bertz CT molecular complexity index is 1900. The number of hydrogen-bond acceptors (Lipinski definition) is 10. The van der Waals surface area contributed by atoms with Crippen LogP contribution in [-0.2, 0) is 67.2 Å². The summed E-state index contributed by atoms with van der Waals surface area (Å²) in [5.74, 6) is 0.811. The minimum Gasteiger partial charge on any atom is -0.374 e. The van der Waals surface area contributed by atoms with Crippen LogP contribution < -0.4 is 0 Å². The van der Waals surface area contributed by atoms with Crippen LogP contribution in [0.4, 0.5) is 0 Å². The SMILES string of the molecule is CCC1O[C@@H](O[C@@H]2C(OCc3ccccc3)[C@H](O[C@@H]3C(COCc4ccccc4)O[C@@H](OCc4ccccc4)C(C)[C@H]3C)OC3COC(c4ccccc4)O[C@H]32)[C@@H](C)C(C)[C@H]1C. The molecular formula is C52H66O10. The second-order valence-electron chi connectivity index (χ2n) is 17.8. The van der Waals surface area contributed by atoms with Crippen LogP contribution in [0.1, 0.15) is 76.5 Å². The Morgan fingerprint density at radius 1 is 0.484 bits per heavy atom. The molecule has 0 bridgehead atoms. The van der Waals surface area contributed by atoms with Gasteiger partial charge in [-0.2, -0.15) is 0 Å². The van der Waals surface area contributed by atoms with Gasteiger partial charge in [-0.05, 0) is 40.9 Å². The van der Waals surface area contributed by atoms with Gasteiger partial charge in [-0.1, -0.05) is 163 Å². The standard InChI is InChI=1S/C52H66O10/c1-7-42-34(3)33(2)36(5)50(57-42)62-47-46-44(32-56-51(61-46)41-26-18-11-19-27-41)59-52(48(47)54-29-39-22-14-9-15-23-39)60-45-35(4)37(6)49(55-30-40-24-16-10-17-25-40)58-43(45)31-53-28-38-20-12-8-13-21-38/h8-27,33-37,42-52H,7,28-32H2,1-6H3/t33?,34-,35-,36+,37?,42?,43?,44?,45+,46-,47+,48?,49-,50+,51?,52+/m1/s1. The maximum atomic E-state index is 7.29. The summed E-state index contributed by atoms with van der Waals surface area (Å²) in [5, 5.41) is 0. The van der Waals surface area contributed by atoms with Crippen molar-refractivity contribution in [1.29, 1.82) is 0 Å². The number of ether oxygens (including phenoxy) is 10. The van der Waals surface area contributed by atoms with Gasteiger partial charge in [0.15, 0.2) is 25.2 Å². The number of rotatable bonds is 16. The van der Waals surface area contributed by atoms with Crippen molar-refractivity contribution in [2.75, 3.05) is 13.2 Å². The van der Waals surface area contributed by atoms with Gasteiger partial charge in [-0.25, -0.2) is 0 Å². The van der Waals surface area contributed by atoms with Crippen LogP contribution in [0, 0.1) is 29.6 Å². The molecule has 4 aliphatic heterocycles. The Morgan fingerprint density at radius 2 is 1.03 bits per heavy atom. The van der Waals surface area contributed by atoms with Gasteiger partial charge in [0, 0.05) is 17.4 Å². The zero-order valence-corrected chi connectivity index (χ0v) is 37.1. The van der Waals surface area contributed by atoms with Crippen molar-refractivity contribution >= 4 is 0 Å². The molecule has 62 heavy (non-hydrogen) atoms. The first kappa shape index (κ1) is 45.1. The zero-order valence-electron chi connectivity index (χ0n) is 37.1. The second-order valence-corrected chi connectivity index (χ2v) is 17.8. The van der Waals surface area contributed by atoms with Crippen LogP contribution in [0.15, 0.2) is 121 Å². The van der Waals surface area contributed by atoms with E-state index in [1.807, 2.05) is 84.9 Å². The lowest BCUT2D eigenvalue weighted by Gasteiger charge is -2.53. The normalized spacial score (nSPS) is 36.2. The maximum Gasteiger partial charge on any atom is 0.187 e. The lowest BCUT2D eigenvalue weighted by atomic mass is 9.78. The highest BCUT2D eigenvalue weighted by molar-refractivity contribution is 5.18. The average molecular weight is 851 g/mol. The Kier molecular flexibility index (Phi) is 15.6. The van der Waals surface area contributed by atoms with Gasteiger partial charge in [0.1, 0.15) is 30.5 Å². The van der Waals surface area contributed by atoms with Crippen molar-refractivity contribution in [3.63, 3.8) is 0 Å². The highest BCUT2D eigenvalue weighted by atomic mass is 16.8. The van der Waals surface area contributed by atoms with E-state index in [9.17, 15) is 0 Å². The summed E-state index contributed by atoms with van der Waals surface area (Å²) in [4.78, 5) is 0. The van der Waals surface area contributed by atoms with Crippen molar-refractivity contribution < 1.29 is 47.4 Å². The Balaban J connectivity index is 1.11. The third-order valence-electron chi connectivity index (χ3n) is 13.7. The van der Waals surface area contributed by atoms with Gasteiger partial charge in [0.05, 0.1) is 45.2 Å². The average Bonchev–Trinajstić information content (AvgIpc) is 3.31. The summed E-state index contributed by atoms with van der Waals surface area (Å²) in [6.07, 6.45) is -4.93. The van der Waals surface area contributed by atoms with Crippen molar-refractivity contribution in [2.45, 2.75) is 136 Å². The predicted molar refractivity (Wildman–Crippen MR) is 234 cm³/mol. The molecule has 0 saturated carbocycles. The van der Waals surface area contributed by atoms with E-state index in [1.165, 1.54) is 0 Å². The van der Waals surface area contributed by atoms with Crippen LogP contribution in [0.3, 0.4) is 0 Å². The minimum absolute atomic E-state index is 0.0269. The molecule has 16 atom stereocenters. The van der Waals surface area contributed by atoms with Crippen LogP contribution in [-0.4, -0.2) is 74.8 Å². The summed E-state index contributed by atoms with van der Waals surface area (Å²) < 4.78 is 68.5. The fraction of sp³-hybridized carbons (Fsp3) is 0.538. The summed E-state index contributed by atoms with van der Waals surface area (Å²) in [6.45, 7) is 15.1. The fourth-order valence-corrected chi connectivity index (χ4v) is 9.37. The molecule has 0 aromatic heterocycles. The van der Waals surface area contributed by atoms with E-state index in [4.69, 9.17) is 47.4 Å². The molecule has 0 amide bonds. The molecular weight excluding hydrogens is 785 g/mol. The Morgan fingerprint density at radius 3 is 1.66 bits per heavy atom. The highest BCUT2D eigenvalue weighted by Crippen LogP contribution is 2.43. The second kappa shape index (κ2) is 21.4. The van der Waals surface area contributed by atoms with Gasteiger partial charge in [0.25, 0.3) is 0 Å². The summed E-state index contributed by atoms with van der Waals surface area (Å²) in [5.41, 5.74) is 4.10. The number of hydrogen-bond donors (Lipinski definition) is 0. The Hall–Kier alpha value is -3.52. The molecule has 334 valence electrons. The number of benzene rings is 4. The zero-order chi connectivity index (χ0) is 43.0. The van der Waals surface area contributed by atoms with E-state index in [0.717, 1.165) is 28.7 Å². The van der Waals surface area contributed by atoms with Gasteiger partial charge in [-0.15, -0.1) is 0 Å². The van der Waals surface area contributed by atoms with Gasteiger partial charge in [-0.3, -0.25) is 0 Å². The third-order valence-corrected chi connectivity index (χ3v) is 13.7. The summed E-state index contributed by atoms with van der Waals surface area (Å²) in [7, 11) is 0. The van der Waals surface area contributed by atoms with E-state index >= 15 is 0 Å². The molecule has 0 spiro atoms. The lowest BCUT2D eigenvalue weighted by Crippen LogP contribution is -2.66. The molecule has 10 nitrogen and oxygen atoms in total. The largest absolute Gasteiger partial charge is 0.374 e. The summed E-state index contributed by atoms with van der Waals surface area (Å²) >= 11 is 0. The van der Waals surface area contributed by atoms with E-state index in [2.05, 4.69) is 77.9 Å². The molecule has 8 rings (SSSR count). The lowest BCUT2D eigenvalue weighted by molar-refractivity contribution is -0.404. The molecule has 4 saturated heterocycles. The van der Waals surface area contributed by atoms with Crippen LogP contribution in [0.2, 0.25) is 0 Å². The van der Waals surface area contributed by atoms with Crippen molar-refractivity contribution in [3.05, 3.63) is 144 Å². The molecule has 0 radical (unpaired) electrons. The van der Waals surface area contributed by atoms with E-state index in [-0.39, 0.29) is 37.1 Å². The first-order valence-electron chi connectivity index (χ1n) is 22.8. The number of fused-ring (bicyclic) bond motifs is 1. The molecule has 7 unspecified atom stereocenters. The molecule has 4 aromatic carbocycles. The Labute approximate surface area is 368 Å². The van der Waals surface area contributed by atoms with Crippen molar-refractivity contribution in [1.82, 2.24) is 0 Å². The quantitative estimate of drug-likeness (QED) is 0.109. The van der Waals surface area contributed by atoms with Crippen LogP contribution in [0.25, 0.3) is 0 Å². The first-order chi connectivity index (χ1) is 30.3. The minimum atomic E-state index is -0.885. The van der Waals surface area contributed by atoms with E-state index < -0.39 is 61.8 Å². The summed E-state index contributed by atoms with van der Waals surface area (Å²) in [6, 6.07) is 40.5. The maximum absolute atomic E-state index is 7.29. The van der Waals surface area contributed by atoms with E-state index in [0.29, 0.717) is 31.7 Å². The molecule has 10 heteroatoms. The highest BCUT2D eigenvalue weighted by Gasteiger charge is 2.56. The molecule has 4 fully saturated rings. The smallest absolute Gasteiger partial charge is 0.187 e. The van der Waals surface area contributed by atoms with Gasteiger partial charge < -0.3 is 47.4 Å². The van der Waals surface area contributed by atoms with Crippen LogP contribution in [0.5, 0.6) is 0 Å². The fourth-order valence-electron chi connectivity index (χ4n) is 9.37. The van der Waals surface area contributed by atoms with Crippen LogP contribution >= 0.6 is 0 Å². The van der Waals surface area contributed by atoms with E-state index in [1.54, 1.807) is 0 Å². The van der Waals surface area contributed by atoms with Crippen molar-refractivity contribution in [2.24, 2.45) is 29.6 Å². The first-order valence-corrected chi connectivity index (χ1v) is 22.8. The third kappa shape index (κ3) is 10.7.